The van der Waals surface area contributed by atoms with Gasteiger partial charge in [-0.1, -0.05) is 0 Å². The second-order valence-electron chi connectivity index (χ2n) is 7.22. The molecule has 1 aromatic heterocycles. The van der Waals surface area contributed by atoms with E-state index in [2.05, 4.69) is 41.9 Å². The lowest BCUT2D eigenvalue weighted by molar-refractivity contribution is 0.0721. The topological polar surface area (TPSA) is 118 Å². The number of piperidine rings is 1. The van der Waals surface area contributed by atoms with Crippen LogP contribution >= 0.6 is 31.9 Å². The molecule has 0 unspecified atom stereocenters. The minimum Gasteiger partial charge on any atom is -0.507 e. The average molecular weight is 566 g/mol. The number of carbonyl (C=O) groups excluding carboxylic acids is 1. The van der Waals surface area contributed by atoms with E-state index in [0.29, 0.717) is 39.2 Å². The molecule has 1 amide bonds. The van der Waals surface area contributed by atoms with Gasteiger partial charge in [-0.2, -0.15) is 9.78 Å². The SMILES string of the molecule is O=C(c1cc(Oc2c(Br)cc(-n3ncc(=O)[nH]c3=O)cc2Br)ccc1O)N1CCCCC1. The van der Waals surface area contributed by atoms with Crippen LogP contribution < -0.4 is 16.0 Å². The highest BCUT2D eigenvalue weighted by atomic mass is 79.9. The van der Waals surface area contributed by atoms with Gasteiger partial charge in [0.1, 0.15) is 17.7 Å². The number of nitrogens with zero attached hydrogens (tertiary/aromatic N) is 3. The van der Waals surface area contributed by atoms with Gasteiger partial charge in [-0.15, -0.1) is 0 Å². The second kappa shape index (κ2) is 9.29. The Hall–Kier alpha value is -2.92. The van der Waals surface area contributed by atoms with Crippen molar-refractivity contribution in [1.82, 2.24) is 19.7 Å². The number of carbonyl (C=O) groups is 1. The van der Waals surface area contributed by atoms with Gasteiger partial charge in [0, 0.05) is 13.1 Å². The summed E-state index contributed by atoms with van der Waals surface area (Å²) in [5.74, 6) is 0.416. The zero-order valence-electron chi connectivity index (χ0n) is 16.7. The Balaban J connectivity index is 1.63. The van der Waals surface area contributed by atoms with E-state index in [1.54, 1.807) is 23.1 Å². The fourth-order valence-corrected chi connectivity index (χ4v) is 4.76. The minimum atomic E-state index is -0.677. The van der Waals surface area contributed by atoms with Crippen LogP contribution in [-0.4, -0.2) is 43.8 Å². The molecule has 32 heavy (non-hydrogen) atoms. The number of hydrogen-bond acceptors (Lipinski definition) is 6. The standard InChI is InChI=1S/C21H18Br2N4O5/c22-15-8-12(27-21(31)25-18(29)11-24-27)9-16(23)19(15)32-13-4-5-17(28)14(10-13)20(30)26-6-2-1-3-7-26/h4-5,8-11,28H,1-3,6-7H2,(H,25,29,31). The van der Waals surface area contributed by atoms with Crippen LogP contribution in [0.3, 0.4) is 0 Å². The third kappa shape index (κ3) is 4.63. The summed E-state index contributed by atoms with van der Waals surface area (Å²) in [4.78, 5) is 40.0. The summed E-state index contributed by atoms with van der Waals surface area (Å²) in [6, 6.07) is 7.70. The van der Waals surface area contributed by atoms with Gasteiger partial charge in [-0.3, -0.25) is 14.6 Å². The zero-order valence-corrected chi connectivity index (χ0v) is 19.8. The number of ether oxygens (including phenoxy) is 1. The Bertz CT molecular complexity index is 1270. The van der Waals surface area contributed by atoms with E-state index in [-0.39, 0.29) is 17.2 Å². The monoisotopic (exact) mass is 564 g/mol. The number of nitrogens with one attached hydrogen (secondary N) is 1. The molecule has 0 bridgehead atoms. The van der Waals surface area contributed by atoms with E-state index < -0.39 is 11.2 Å². The molecule has 2 heterocycles. The minimum absolute atomic E-state index is 0.107. The maximum Gasteiger partial charge on any atom is 0.349 e. The molecule has 1 fully saturated rings. The fraction of sp³-hybridized carbons (Fsp3) is 0.238. The molecule has 0 aliphatic carbocycles. The predicted octanol–water partition coefficient (Wildman–Crippen LogP) is 3.57. The quantitative estimate of drug-likeness (QED) is 0.499. The highest BCUT2D eigenvalue weighted by Gasteiger charge is 2.22. The summed E-state index contributed by atoms with van der Waals surface area (Å²) in [5, 5.41) is 14.1. The summed E-state index contributed by atoms with van der Waals surface area (Å²) in [7, 11) is 0. The molecular weight excluding hydrogens is 548 g/mol. The van der Waals surface area contributed by atoms with Gasteiger partial charge < -0.3 is 14.7 Å². The maximum atomic E-state index is 12.8. The summed E-state index contributed by atoms with van der Waals surface area (Å²) in [6.07, 6.45) is 3.99. The molecule has 2 aromatic carbocycles. The van der Waals surface area contributed by atoms with E-state index in [1.807, 2.05) is 0 Å². The van der Waals surface area contributed by atoms with Gasteiger partial charge in [-0.25, -0.2) is 4.79 Å². The van der Waals surface area contributed by atoms with Crippen LogP contribution in [0.2, 0.25) is 0 Å². The zero-order chi connectivity index (χ0) is 22.8. The van der Waals surface area contributed by atoms with Crippen LogP contribution in [0.25, 0.3) is 5.69 Å². The molecule has 166 valence electrons. The van der Waals surface area contributed by atoms with Gasteiger partial charge in [0.15, 0.2) is 5.75 Å². The first kappa shape index (κ1) is 22.3. The van der Waals surface area contributed by atoms with Crippen molar-refractivity contribution < 1.29 is 14.6 Å². The Kier molecular flexibility index (Phi) is 6.47. The molecule has 1 saturated heterocycles. The average Bonchev–Trinajstić information content (AvgIpc) is 2.77. The highest BCUT2D eigenvalue weighted by Crippen LogP contribution is 2.39. The number of aromatic amines is 1. The summed E-state index contributed by atoms with van der Waals surface area (Å²) in [6.45, 7) is 1.33. The fourth-order valence-electron chi connectivity index (χ4n) is 3.44. The molecule has 4 rings (SSSR count). The lowest BCUT2D eigenvalue weighted by Gasteiger charge is -2.27. The normalized spacial score (nSPS) is 13.8. The number of phenols is 1. The molecule has 1 aliphatic rings. The van der Waals surface area contributed by atoms with Crippen molar-refractivity contribution in [1.29, 1.82) is 0 Å². The highest BCUT2D eigenvalue weighted by molar-refractivity contribution is 9.11. The molecule has 0 atom stereocenters. The molecule has 9 nitrogen and oxygen atoms in total. The first-order valence-corrected chi connectivity index (χ1v) is 11.4. The number of aromatic hydroxyl groups is 1. The number of benzene rings is 2. The third-order valence-corrected chi connectivity index (χ3v) is 6.18. The predicted molar refractivity (Wildman–Crippen MR) is 124 cm³/mol. The Morgan fingerprint density at radius 2 is 1.75 bits per heavy atom. The van der Waals surface area contributed by atoms with Gasteiger partial charge in [0.2, 0.25) is 0 Å². The van der Waals surface area contributed by atoms with E-state index in [4.69, 9.17) is 4.74 Å². The van der Waals surface area contributed by atoms with Crippen LogP contribution in [-0.2, 0) is 0 Å². The smallest absolute Gasteiger partial charge is 0.349 e. The molecule has 0 spiro atoms. The van der Waals surface area contributed by atoms with Crippen molar-refractivity contribution in [2.45, 2.75) is 19.3 Å². The molecule has 1 aliphatic heterocycles. The van der Waals surface area contributed by atoms with Crippen molar-refractivity contribution in [3.05, 3.63) is 71.9 Å². The van der Waals surface area contributed by atoms with Crippen LogP contribution in [0.4, 0.5) is 0 Å². The number of likely N-dealkylation sites (tertiary alicyclic amines) is 1. The summed E-state index contributed by atoms with van der Waals surface area (Å²) in [5.41, 5.74) is -0.697. The van der Waals surface area contributed by atoms with Gasteiger partial charge in [-0.05, 0) is 81.5 Å². The molecule has 3 aromatic rings. The maximum absolute atomic E-state index is 12.8. The summed E-state index contributed by atoms with van der Waals surface area (Å²) >= 11 is 6.84. The van der Waals surface area contributed by atoms with E-state index in [9.17, 15) is 19.5 Å². The number of phenolic OH excluding ortho intramolecular Hbond substituents is 1. The van der Waals surface area contributed by atoms with E-state index in [0.717, 1.165) is 30.1 Å². The van der Waals surface area contributed by atoms with E-state index >= 15 is 0 Å². The van der Waals surface area contributed by atoms with E-state index in [1.165, 1.54) is 12.1 Å². The number of H-pyrrole nitrogens is 1. The van der Waals surface area contributed by atoms with Crippen molar-refractivity contribution in [2.24, 2.45) is 0 Å². The number of aromatic nitrogens is 3. The van der Waals surface area contributed by atoms with Crippen LogP contribution in [0, 0.1) is 0 Å². The number of hydrogen-bond donors (Lipinski definition) is 2. The molecular formula is C21H18Br2N4O5. The Labute approximate surface area is 198 Å². The van der Waals surface area contributed by atoms with Crippen molar-refractivity contribution in [3.63, 3.8) is 0 Å². The molecule has 0 radical (unpaired) electrons. The number of amides is 1. The number of halogens is 2. The van der Waals surface area contributed by atoms with Crippen molar-refractivity contribution in [2.75, 3.05) is 13.1 Å². The second-order valence-corrected chi connectivity index (χ2v) is 8.93. The third-order valence-electron chi connectivity index (χ3n) is 5.00. The van der Waals surface area contributed by atoms with Gasteiger partial charge >= 0.3 is 5.69 Å². The Morgan fingerprint density at radius 3 is 2.41 bits per heavy atom. The van der Waals surface area contributed by atoms with Crippen molar-refractivity contribution in [3.8, 4) is 22.9 Å². The van der Waals surface area contributed by atoms with Gasteiger partial charge in [0.25, 0.3) is 11.5 Å². The molecule has 0 saturated carbocycles. The lowest BCUT2D eigenvalue weighted by atomic mass is 10.1. The summed E-state index contributed by atoms with van der Waals surface area (Å²) < 4.78 is 8.01. The van der Waals surface area contributed by atoms with Crippen LogP contribution in [0.5, 0.6) is 17.2 Å². The van der Waals surface area contributed by atoms with Gasteiger partial charge in [0.05, 0.1) is 20.2 Å². The largest absolute Gasteiger partial charge is 0.507 e. The first-order chi connectivity index (χ1) is 15.3. The van der Waals surface area contributed by atoms with Crippen molar-refractivity contribution >= 4 is 37.8 Å². The van der Waals surface area contributed by atoms with Crippen LogP contribution in [0.1, 0.15) is 29.6 Å². The number of rotatable bonds is 4. The Morgan fingerprint density at radius 1 is 1.06 bits per heavy atom. The lowest BCUT2D eigenvalue weighted by Crippen LogP contribution is -2.35. The molecule has 2 N–H and O–H groups in total. The van der Waals surface area contributed by atoms with Crippen LogP contribution in [0.15, 0.2) is 55.1 Å². The molecule has 11 heteroatoms. The first-order valence-electron chi connectivity index (χ1n) is 9.82.